The molecule has 0 aliphatic heterocycles. The first-order valence-corrected chi connectivity index (χ1v) is 2.31. The summed E-state index contributed by atoms with van der Waals surface area (Å²) >= 11 is 0. The zero-order valence-electron chi connectivity index (χ0n) is 4.97. The lowest BCUT2D eigenvalue weighted by atomic mass is 10.5. The summed E-state index contributed by atoms with van der Waals surface area (Å²) in [4.78, 5) is 19.6. The molecule has 0 fully saturated rings. The highest BCUT2D eigenvalue weighted by Gasteiger charge is 1.83. The Morgan fingerprint density at radius 1 is 1.78 bits per heavy atom. The van der Waals surface area contributed by atoms with E-state index in [0.717, 1.165) is 0 Å². The lowest BCUT2D eigenvalue weighted by molar-refractivity contribution is -0.115. The second-order valence-electron chi connectivity index (χ2n) is 1.17. The van der Waals surface area contributed by atoms with Gasteiger partial charge in [-0.2, -0.15) is 0 Å². The molecule has 0 aliphatic carbocycles. The van der Waals surface area contributed by atoms with Crippen LogP contribution in [-0.4, -0.2) is 19.5 Å². The molecule has 1 N–H and O–H groups in total. The van der Waals surface area contributed by atoms with Crippen LogP contribution >= 0.6 is 0 Å². The van der Waals surface area contributed by atoms with Crippen LogP contribution in [0.2, 0.25) is 0 Å². The van der Waals surface area contributed by atoms with E-state index < -0.39 is 5.91 Å². The van der Waals surface area contributed by atoms with Crippen LogP contribution in [0.25, 0.3) is 0 Å². The highest BCUT2D eigenvalue weighted by atomic mass is 16.3. The smallest absolute Gasteiger partial charge is 0.295 e. The van der Waals surface area contributed by atoms with Gasteiger partial charge in [-0.1, -0.05) is 11.1 Å². The van der Waals surface area contributed by atoms with Gasteiger partial charge in [-0.05, 0) is 5.92 Å². The molecule has 0 spiro atoms. The van der Waals surface area contributed by atoms with Crippen molar-refractivity contribution in [3.8, 4) is 11.8 Å². The Morgan fingerprint density at radius 3 is 2.89 bits per heavy atom. The normalized spacial score (nSPS) is 6.78. The molecule has 0 aromatic heterocycles. The average Bonchev–Trinajstić information content (AvgIpc) is 1.89. The first kappa shape index (κ1) is 7.63. The van der Waals surface area contributed by atoms with Crippen molar-refractivity contribution in [3.63, 3.8) is 0 Å². The molecule has 0 atom stereocenters. The van der Waals surface area contributed by atoms with Crippen molar-refractivity contribution >= 4 is 5.91 Å². The van der Waals surface area contributed by atoms with Gasteiger partial charge in [0.05, 0.1) is 0 Å². The van der Waals surface area contributed by atoms with Crippen LogP contribution in [0.1, 0.15) is 0 Å². The van der Waals surface area contributed by atoms with E-state index >= 15 is 0 Å². The molecule has 4 nitrogen and oxygen atoms in total. The van der Waals surface area contributed by atoms with Crippen molar-refractivity contribution in [1.29, 1.82) is 0 Å². The summed E-state index contributed by atoms with van der Waals surface area (Å²) in [6.07, 6.45) is 0. The van der Waals surface area contributed by atoms with Crippen LogP contribution < -0.4 is 5.32 Å². The van der Waals surface area contributed by atoms with Gasteiger partial charge in [0.15, 0.2) is 0 Å². The van der Waals surface area contributed by atoms with Crippen molar-refractivity contribution in [1.82, 2.24) is 5.32 Å². The standard InChI is InChI=1S/C5H6N2O2/c1-6-5(8)3-2-4-7-9/h4H2,1H3,(H,6,8). The Kier molecular flexibility index (Phi) is 4.05. The fourth-order valence-electron chi connectivity index (χ4n) is 0.215. The Balaban J connectivity index is 3.58. The molecule has 0 rings (SSSR count). The van der Waals surface area contributed by atoms with E-state index in [9.17, 15) is 9.70 Å². The second kappa shape index (κ2) is 4.78. The topological polar surface area (TPSA) is 58.5 Å². The van der Waals surface area contributed by atoms with Crippen molar-refractivity contribution in [2.75, 3.05) is 13.6 Å². The number of nitroso groups, excluding NO2 is 1. The molecule has 1 amide bonds. The minimum absolute atomic E-state index is 0.132. The summed E-state index contributed by atoms with van der Waals surface area (Å²) in [5.74, 6) is 3.98. The lowest BCUT2D eigenvalue weighted by Gasteiger charge is -1.81. The fraction of sp³-hybridized carbons (Fsp3) is 0.400. The number of amides is 1. The summed E-state index contributed by atoms with van der Waals surface area (Å²) in [5.41, 5.74) is 0. The molecule has 48 valence electrons. The summed E-state index contributed by atoms with van der Waals surface area (Å²) in [7, 11) is 1.46. The van der Waals surface area contributed by atoms with Gasteiger partial charge in [0, 0.05) is 7.05 Å². The van der Waals surface area contributed by atoms with Crippen LogP contribution in [0.5, 0.6) is 0 Å². The quantitative estimate of drug-likeness (QED) is 0.380. The minimum Gasteiger partial charge on any atom is -0.348 e. The molecule has 0 saturated heterocycles. The molecule has 0 aromatic carbocycles. The Labute approximate surface area is 52.6 Å². The van der Waals surface area contributed by atoms with Crippen molar-refractivity contribution < 1.29 is 4.79 Å². The maximum atomic E-state index is 10.3. The maximum absolute atomic E-state index is 10.3. The molecule has 0 saturated carbocycles. The second-order valence-corrected chi connectivity index (χ2v) is 1.17. The fourth-order valence-corrected chi connectivity index (χ4v) is 0.215. The average molecular weight is 126 g/mol. The SMILES string of the molecule is CNC(=O)C#CCN=O. The molecular formula is C5H6N2O2. The number of nitrogens with zero attached hydrogens (tertiary/aromatic N) is 1. The summed E-state index contributed by atoms with van der Waals surface area (Å²) in [5, 5.41) is 4.71. The number of hydrogen-bond acceptors (Lipinski definition) is 3. The van der Waals surface area contributed by atoms with Gasteiger partial charge in [-0.3, -0.25) is 4.79 Å². The molecule has 0 aromatic rings. The van der Waals surface area contributed by atoms with E-state index in [0.29, 0.717) is 0 Å². The van der Waals surface area contributed by atoms with Crippen molar-refractivity contribution in [2.24, 2.45) is 5.18 Å². The monoisotopic (exact) mass is 126 g/mol. The van der Waals surface area contributed by atoms with Gasteiger partial charge in [0.2, 0.25) is 0 Å². The van der Waals surface area contributed by atoms with Crippen LogP contribution in [0.4, 0.5) is 0 Å². The summed E-state index contributed by atoms with van der Waals surface area (Å²) in [6.45, 7) is -0.132. The molecule has 0 bridgehead atoms. The number of nitrogens with one attached hydrogen (secondary N) is 1. The molecule has 0 radical (unpaired) electrons. The number of rotatable bonds is 1. The number of carbonyl (C=O) groups excluding carboxylic acids is 1. The third-order valence-corrected chi connectivity index (χ3v) is 0.573. The van der Waals surface area contributed by atoms with E-state index in [2.05, 4.69) is 22.3 Å². The Hall–Kier alpha value is -1.37. The third kappa shape index (κ3) is 4.48. The van der Waals surface area contributed by atoms with E-state index in [1.165, 1.54) is 7.05 Å². The van der Waals surface area contributed by atoms with Crippen molar-refractivity contribution in [3.05, 3.63) is 4.91 Å². The number of carbonyl (C=O) groups is 1. The Bertz CT molecular complexity index is 166. The van der Waals surface area contributed by atoms with Gasteiger partial charge in [-0.15, -0.1) is 4.91 Å². The van der Waals surface area contributed by atoms with Crippen LogP contribution in [0.15, 0.2) is 5.18 Å². The van der Waals surface area contributed by atoms with Gasteiger partial charge < -0.3 is 5.32 Å². The van der Waals surface area contributed by atoms with Gasteiger partial charge in [0.1, 0.15) is 6.54 Å². The predicted octanol–water partition coefficient (Wildman–Crippen LogP) is -0.498. The molecule has 4 heteroatoms. The molecule has 9 heavy (non-hydrogen) atoms. The summed E-state index contributed by atoms with van der Waals surface area (Å²) in [6, 6.07) is 0. The predicted molar refractivity (Wildman–Crippen MR) is 32.5 cm³/mol. The van der Waals surface area contributed by atoms with E-state index in [1.807, 2.05) is 0 Å². The van der Waals surface area contributed by atoms with Crippen LogP contribution in [-0.2, 0) is 4.79 Å². The van der Waals surface area contributed by atoms with E-state index in [4.69, 9.17) is 0 Å². The highest BCUT2D eigenvalue weighted by molar-refractivity contribution is 5.93. The van der Waals surface area contributed by atoms with Crippen molar-refractivity contribution in [2.45, 2.75) is 0 Å². The largest absolute Gasteiger partial charge is 0.348 e. The molecule has 0 unspecified atom stereocenters. The molecular weight excluding hydrogens is 120 g/mol. The van der Waals surface area contributed by atoms with Crippen LogP contribution in [0, 0.1) is 16.7 Å². The first-order valence-electron chi connectivity index (χ1n) is 2.31. The molecule has 0 heterocycles. The zero-order valence-corrected chi connectivity index (χ0v) is 4.97. The summed E-state index contributed by atoms with van der Waals surface area (Å²) < 4.78 is 0. The Morgan fingerprint density at radius 2 is 2.44 bits per heavy atom. The first-order chi connectivity index (χ1) is 4.31. The van der Waals surface area contributed by atoms with Gasteiger partial charge in [0.25, 0.3) is 5.91 Å². The van der Waals surface area contributed by atoms with Gasteiger partial charge in [-0.25, -0.2) is 0 Å². The zero-order chi connectivity index (χ0) is 7.11. The van der Waals surface area contributed by atoms with Crippen LogP contribution in [0.3, 0.4) is 0 Å². The minimum atomic E-state index is -0.404. The number of hydrogen-bond donors (Lipinski definition) is 1. The third-order valence-electron chi connectivity index (χ3n) is 0.573. The highest BCUT2D eigenvalue weighted by Crippen LogP contribution is 1.62. The maximum Gasteiger partial charge on any atom is 0.295 e. The van der Waals surface area contributed by atoms with E-state index in [1.54, 1.807) is 0 Å². The van der Waals surface area contributed by atoms with E-state index in [-0.39, 0.29) is 6.54 Å². The van der Waals surface area contributed by atoms with Gasteiger partial charge >= 0.3 is 0 Å². The lowest BCUT2D eigenvalue weighted by Crippen LogP contribution is -2.14. The molecule has 0 aliphatic rings.